The summed E-state index contributed by atoms with van der Waals surface area (Å²) in [5.74, 6) is -0.249. The van der Waals surface area contributed by atoms with Gasteiger partial charge in [-0.05, 0) is 35.2 Å². The van der Waals surface area contributed by atoms with E-state index in [2.05, 4.69) is 4.74 Å². The minimum absolute atomic E-state index is 0.249. The van der Waals surface area contributed by atoms with Crippen molar-refractivity contribution in [3.63, 3.8) is 0 Å². The number of hydrogen-bond acceptors (Lipinski definition) is 2. The van der Waals surface area contributed by atoms with Crippen molar-refractivity contribution in [2.24, 2.45) is 5.73 Å². The number of aryl methyl sites for hydroxylation is 1. The zero-order chi connectivity index (χ0) is 15.5. The smallest absolute Gasteiger partial charge is 0.406 e. The van der Waals surface area contributed by atoms with Gasteiger partial charge in [-0.2, -0.15) is 0 Å². The molecule has 2 N–H and O–H groups in total. The molecule has 0 bridgehead atoms. The van der Waals surface area contributed by atoms with Gasteiger partial charge in [-0.1, -0.05) is 43.3 Å². The molecule has 0 saturated carbocycles. The SMILES string of the molecule is CCc1cccc(C(N)c2ccc(OC(F)(F)F)cc2)c1. The van der Waals surface area contributed by atoms with Crippen LogP contribution in [-0.4, -0.2) is 6.36 Å². The summed E-state index contributed by atoms with van der Waals surface area (Å²) in [5, 5.41) is 0. The van der Waals surface area contributed by atoms with Crippen LogP contribution in [0.25, 0.3) is 0 Å². The van der Waals surface area contributed by atoms with Crippen molar-refractivity contribution in [2.75, 3.05) is 0 Å². The van der Waals surface area contributed by atoms with Crippen LogP contribution in [0.2, 0.25) is 0 Å². The molecule has 0 heterocycles. The lowest BCUT2D eigenvalue weighted by molar-refractivity contribution is -0.274. The molecule has 112 valence electrons. The first kappa shape index (κ1) is 15.4. The number of halogens is 3. The zero-order valence-corrected chi connectivity index (χ0v) is 11.5. The van der Waals surface area contributed by atoms with E-state index in [9.17, 15) is 13.2 Å². The third-order valence-corrected chi connectivity index (χ3v) is 3.19. The summed E-state index contributed by atoms with van der Waals surface area (Å²) in [6.07, 6.45) is -3.78. The second kappa shape index (κ2) is 6.18. The molecule has 1 unspecified atom stereocenters. The van der Waals surface area contributed by atoms with Gasteiger partial charge < -0.3 is 10.5 Å². The van der Waals surface area contributed by atoms with Crippen LogP contribution >= 0.6 is 0 Å². The van der Waals surface area contributed by atoms with Crippen molar-refractivity contribution in [1.29, 1.82) is 0 Å². The molecule has 0 aliphatic rings. The van der Waals surface area contributed by atoms with Crippen LogP contribution in [0.4, 0.5) is 13.2 Å². The quantitative estimate of drug-likeness (QED) is 0.917. The Kier molecular flexibility index (Phi) is 4.53. The fraction of sp³-hybridized carbons (Fsp3) is 0.250. The summed E-state index contributed by atoms with van der Waals surface area (Å²) >= 11 is 0. The lowest BCUT2D eigenvalue weighted by Gasteiger charge is -2.15. The standard InChI is InChI=1S/C16H16F3NO/c1-2-11-4-3-5-13(10-11)15(20)12-6-8-14(9-7-12)21-16(17,18)19/h3-10,15H,2,20H2,1H3. The molecule has 0 aromatic heterocycles. The molecule has 5 heteroatoms. The predicted molar refractivity (Wildman–Crippen MR) is 75.0 cm³/mol. The third-order valence-electron chi connectivity index (χ3n) is 3.19. The molecule has 0 fully saturated rings. The Bertz CT molecular complexity index is 593. The summed E-state index contributed by atoms with van der Waals surface area (Å²) in [6, 6.07) is 13.1. The van der Waals surface area contributed by atoms with Crippen LogP contribution in [-0.2, 0) is 6.42 Å². The first-order valence-electron chi connectivity index (χ1n) is 6.59. The third kappa shape index (κ3) is 4.23. The van der Waals surface area contributed by atoms with Crippen molar-refractivity contribution in [3.05, 3.63) is 65.2 Å². The lowest BCUT2D eigenvalue weighted by atomic mass is 9.97. The van der Waals surface area contributed by atoms with Gasteiger partial charge in [0, 0.05) is 0 Å². The Morgan fingerprint density at radius 2 is 1.71 bits per heavy atom. The molecule has 2 rings (SSSR count). The van der Waals surface area contributed by atoms with E-state index in [1.54, 1.807) is 12.1 Å². The second-order valence-electron chi connectivity index (χ2n) is 4.69. The highest BCUT2D eigenvalue weighted by molar-refractivity contribution is 5.36. The minimum atomic E-state index is -4.68. The van der Waals surface area contributed by atoms with Gasteiger partial charge in [-0.25, -0.2) is 0 Å². The van der Waals surface area contributed by atoms with Crippen LogP contribution < -0.4 is 10.5 Å². The summed E-state index contributed by atoms with van der Waals surface area (Å²) in [5.41, 5.74) is 8.98. The number of alkyl halides is 3. The Morgan fingerprint density at radius 3 is 2.29 bits per heavy atom. The van der Waals surface area contributed by atoms with Gasteiger partial charge in [-0.3, -0.25) is 0 Å². The number of nitrogens with two attached hydrogens (primary N) is 1. The fourth-order valence-corrected chi connectivity index (χ4v) is 2.08. The molecule has 2 aromatic rings. The van der Waals surface area contributed by atoms with E-state index in [4.69, 9.17) is 5.73 Å². The van der Waals surface area contributed by atoms with E-state index in [0.29, 0.717) is 0 Å². The molecule has 2 aromatic carbocycles. The first-order chi connectivity index (χ1) is 9.89. The van der Waals surface area contributed by atoms with E-state index in [1.807, 2.05) is 31.2 Å². The van der Waals surface area contributed by atoms with Gasteiger partial charge >= 0.3 is 6.36 Å². The maximum Gasteiger partial charge on any atom is 0.573 e. The van der Waals surface area contributed by atoms with Gasteiger partial charge in [0.05, 0.1) is 6.04 Å². The van der Waals surface area contributed by atoms with Crippen molar-refractivity contribution in [2.45, 2.75) is 25.7 Å². The average Bonchev–Trinajstić information content (AvgIpc) is 2.46. The van der Waals surface area contributed by atoms with Gasteiger partial charge in [-0.15, -0.1) is 13.2 Å². The van der Waals surface area contributed by atoms with Crippen LogP contribution in [0.15, 0.2) is 48.5 Å². The highest BCUT2D eigenvalue weighted by Gasteiger charge is 2.31. The second-order valence-corrected chi connectivity index (χ2v) is 4.69. The van der Waals surface area contributed by atoms with Crippen molar-refractivity contribution in [3.8, 4) is 5.75 Å². The summed E-state index contributed by atoms with van der Waals surface area (Å²) in [7, 11) is 0. The molecule has 0 radical (unpaired) electrons. The highest BCUT2D eigenvalue weighted by Crippen LogP contribution is 2.26. The molecule has 0 saturated heterocycles. The normalized spacial score (nSPS) is 13.0. The molecule has 21 heavy (non-hydrogen) atoms. The monoisotopic (exact) mass is 295 g/mol. The average molecular weight is 295 g/mol. The Hall–Kier alpha value is -2.01. The van der Waals surface area contributed by atoms with Gasteiger partial charge in [0.15, 0.2) is 0 Å². The number of rotatable bonds is 4. The summed E-state index contributed by atoms with van der Waals surface area (Å²) in [6.45, 7) is 2.05. The summed E-state index contributed by atoms with van der Waals surface area (Å²) in [4.78, 5) is 0. The molecule has 1 atom stereocenters. The van der Waals surface area contributed by atoms with Crippen molar-refractivity contribution >= 4 is 0 Å². The molecular weight excluding hydrogens is 279 g/mol. The first-order valence-corrected chi connectivity index (χ1v) is 6.59. The van der Waals surface area contributed by atoms with E-state index in [0.717, 1.165) is 17.5 Å². The van der Waals surface area contributed by atoms with E-state index in [1.165, 1.54) is 17.7 Å². The molecule has 2 nitrogen and oxygen atoms in total. The van der Waals surface area contributed by atoms with E-state index < -0.39 is 6.36 Å². The molecule has 0 amide bonds. The topological polar surface area (TPSA) is 35.2 Å². The van der Waals surface area contributed by atoms with Crippen LogP contribution in [0.1, 0.15) is 29.7 Å². The van der Waals surface area contributed by atoms with E-state index >= 15 is 0 Å². The largest absolute Gasteiger partial charge is 0.573 e. The molecule has 0 aliphatic heterocycles. The van der Waals surface area contributed by atoms with Crippen LogP contribution in [0, 0.1) is 0 Å². The Morgan fingerprint density at radius 1 is 1.05 bits per heavy atom. The van der Waals surface area contributed by atoms with Crippen molar-refractivity contribution in [1.82, 2.24) is 0 Å². The van der Waals surface area contributed by atoms with Crippen molar-refractivity contribution < 1.29 is 17.9 Å². The van der Waals surface area contributed by atoms with Gasteiger partial charge in [0.2, 0.25) is 0 Å². The van der Waals surface area contributed by atoms with Crippen LogP contribution in [0.3, 0.4) is 0 Å². The van der Waals surface area contributed by atoms with Gasteiger partial charge in [0.1, 0.15) is 5.75 Å². The fourth-order valence-electron chi connectivity index (χ4n) is 2.08. The minimum Gasteiger partial charge on any atom is -0.406 e. The maximum absolute atomic E-state index is 12.1. The maximum atomic E-state index is 12.1. The molecular formula is C16H16F3NO. The number of benzene rings is 2. The van der Waals surface area contributed by atoms with E-state index in [-0.39, 0.29) is 11.8 Å². The predicted octanol–water partition coefficient (Wildman–Crippen LogP) is 4.20. The highest BCUT2D eigenvalue weighted by atomic mass is 19.4. The zero-order valence-electron chi connectivity index (χ0n) is 11.5. The molecule has 0 aliphatic carbocycles. The number of hydrogen-bond donors (Lipinski definition) is 1. The number of ether oxygens (including phenoxy) is 1. The summed E-state index contributed by atoms with van der Waals surface area (Å²) < 4.78 is 40.1. The lowest BCUT2D eigenvalue weighted by Crippen LogP contribution is -2.17. The van der Waals surface area contributed by atoms with Gasteiger partial charge in [0.25, 0.3) is 0 Å². The Labute approximate surface area is 121 Å². The molecule has 0 spiro atoms. The Balaban J connectivity index is 2.17. The van der Waals surface area contributed by atoms with Crippen LogP contribution in [0.5, 0.6) is 5.75 Å².